The van der Waals surface area contributed by atoms with Gasteiger partial charge in [0.1, 0.15) is 23.0 Å². The minimum absolute atomic E-state index is 0.0300. The van der Waals surface area contributed by atoms with Gasteiger partial charge in [0.2, 0.25) is 0 Å². The lowest BCUT2D eigenvalue weighted by Gasteiger charge is -2.40. The number of fused-ring (bicyclic) bond motifs is 6. The number of nitrogens with zero attached hydrogens (tertiary/aromatic N) is 2. The summed E-state index contributed by atoms with van der Waals surface area (Å²) in [6.45, 7) is 13.3. The van der Waals surface area contributed by atoms with Gasteiger partial charge in [0.25, 0.3) is 6.71 Å². The molecule has 10 rings (SSSR count). The second kappa shape index (κ2) is 11.9. The highest BCUT2D eigenvalue weighted by molar-refractivity contribution is 6.99. The van der Waals surface area contributed by atoms with Crippen LogP contribution < -0.4 is 35.7 Å². The summed E-state index contributed by atoms with van der Waals surface area (Å²) in [6, 6.07) is 50.7. The zero-order valence-electron chi connectivity index (χ0n) is 31.6. The molecule has 7 aromatic carbocycles. The summed E-state index contributed by atoms with van der Waals surface area (Å²) in [5, 5.41) is 0. The third-order valence-corrected chi connectivity index (χ3v) is 11.8. The second-order valence-electron chi connectivity index (χ2n) is 15.7. The Labute approximate surface area is 318 Å². The monoisotopic (exact) mass is 700 g/mol. The standard InChI is InChI=1S/C49H41BN2O2/c1-30-14-18-34(19-15-30)52-42-24-16-31(2)26-41(42)50-40-23-21-37(29-47(40)54-46-13-9-11-43(52)48(46)50)51(35-20-17-32(3)33(4)27-35)36-22-25-45-39(28-36)49(5,6)38-10-7-8-12-44(38)53-45/h7-29H,1-6H3. The molecule has 5 heteroatoms. The number of benzene rings is 7. The number of ether oxygens (including phenoxy) is 2. The van der Waals surface area contributed by atoms with Crippen LogP contribution in [0.25, 0.3) is 0 Å². The number of hydrogen-bond acceptors (Lipinski definition) is 4. The Morgan fingerprint density at radius 2 is 1.19 bits per heavy atom. The normalized spacial score (nSPS) is 14.1. The molecule has 3 aliphatic heterocycles. The van der Waals surface area contributed by atoms with Crippen LogP contribution >= 0.6 is 0 Å². The molecule has 0 saturated carbocycles. The van der Waals surface area contributed by atoms with Crippen molar-refractivity contribution in [2.45, 2.75) is 47.0 Å². The van der Waals surface area contributed by atoms with E-state index in [0.29, 0.717) is 0 Å². The van der Waals surface area contributed by atoms with Gasteiger partial charge in [-0.15, -0.1) is 0 Å². The minimum atomic E-state index is -0.242. The van der Waals surface area contributed by atoms with E-state index in [1.54, 1.807) is 0 Å². The van der Waals surface area contributed by atoms with Crippen molar-refractivity contribution in [3.05, 3.63) is 173 Å². The van der Waals surface area contributed by atoms with Gasteiger partial charge in [0, 0.05) is 56.7 Å². The van der Waals surface area contributed by atoms with Crippen molar-refractivity contribution < 1.29 is 9.47 Å². The fourth-order valence-electron chi connectivity index (χ4n) is 8.79. The van der Waals surface area contributed by atoms with E-state index in [-0.39, 0.29) is 12.1 Å². The van der Waals surface area contributed by atoms with Crippen LogP contribution in [0.3, 0.4) is 0 Å². The molecule has 0 bridgehead atoms. The maximum atomic E-state index is 6.97. The predicted octanol–water partition coefficient (Wildman–Crippen LogP) is 11.2. The minimum Gasteiger partial charge on any atom is -0.458 e. The van der Waals surface area contributed by atoms with E-state index in [0.717, 1.165) is 57.0 Å². The summed E-state index contributed by atoms with van der Waals surface area (Å²) in [5.74, 6) is 3.60. The highest BCUT2D eigenvalue weighted by Crippen LogP contribution is 2.50. The predicted molar refractivity (Wildman–Crippen MR) is 225 cm³/mol. The highest BCUT2D eigenvalue weighted by atomic mass is 16.5. The Bertz CT molecular complexity index is 2660. The van der Waals surface area contributed by atoms with Crippen molar-refractivity contribution in [1.82, 2.24) is 0 Å². The first-order chi connectivity index (χ1) is 26.2. The summed E-state index contributed by atoms with van der Waals surface area (Å²) >= 11 is 0. The first kappa shape index (κ1) is 32.5. The molecule has 0 aliphatic carbocycles. The van der Waals surface area contributed by atoms with E-state index in [1.165, 1.54) is 49.9 Å². The molecular weight excluding hydrogens is 659 g/mol. The number of hydrogen-bond donors (Lipinski definition) is 0. The first-order valence-electron chi connectivity index (χ1n) is 18.9. The molecule has 0 aromatic heterocycles. The smallest absolute Gasteiger partial charge is 0.256 e. The van der Waals surface area contributed by atoms with Crippen LogP contribution in [-0.2, 0) is 5.41 Å². The quantitative estimate of drug-likeness (QED) is 0.171. The fourth-order valence-corrected chi connectivity index (χ4v) is 8.79. The van der Waals surface area contributed by atoms with E-state index in [1.807, 2.05) is 6.07 Å². The van der Waals surface area contributed by atoms with Crippen LogP contribution in [0.1, 0.15) is 47.2 Å². The van der Waals surface area contributed by atoms with Crippen molar-refractivity contribution >= 4 is 57.2 Å². The van der Waals surface area contributed by atoms with Gasteiger partial charge >= 0.3 is 0 Å². The van der Waals surface area contributed by atoms with Gasteiger partial charge in [0.05, 0.1) is 0 Å². The van der Waals surface area contributed by atoms with Crippen LogP contribution in [0.2, 0.25) is 0 Å². The molecule has 0 amide bonds. The molecule has 7 aromatic rings. The van der Waals surface area contributed by atoms with Crippen LogP contribution in [0.15, 0.2) is 140 Å². The Hall–Kier alpha value is -6.20. The van der Waals surface area contributed by atoms with Crippen molar-refractivity contribution in [3.63, 3.8) is 0 Å². The van der Waals surface area contributed by atoms with Gasteiger partial charge in [-0.1, -0.05) is 85.6 Å². The summed E-state index contributed by atoms with van der Waals surface area (Å²) in [6.07, 6.45) is 0. The molecular formula is C49H41BN2O2. The Morgan fingerprint density at radius 3 is 2.02 bits per heavy atom. The summed E-state index contributed by atoms with van der Waals surface area (Å²) in [4.78, 5) is 4.75. The number of para-hydroxylation sites is 1. The van der Waals surface area contributed by atoms with Crippen LogP contribution in [0, 0.1) is 27.7 Å². The molecule has 0 N–H and O–H groups in total. The van der Waals surface area contributed by atoms with E-state index in [2.05, 4.69) is 185 Å². The van der Waals surface area contributed by atoms with Crippen LogP contribution in [0.5, 0.6) is 23.0 Å². The average Bonchev–Trinajstić information content (AvgIpc) is 3.17. The number of anilines is 6. The SMILES string of the molecule is Cc1ccc(N2c3ccc(C)cc3B3c4ccc(N(c5ccc(C)c(C)c5)c5ccc6c(c5)C(C)(C)c5ccccc5O6)cc4Oc4cccc2c43)cc1. The van der Waals surface area contributed by atoms with E-state index >= 15 is 0 Å². The third-order valence-electron chi connectivity index (χ3n) is 11.8. The Morgan fingerprint density at radius 1 is 0.500 bits per heavy atom. The molecule has 0 fully saturated rings. The summed E-state index contributed by atoms with van der Waals surface area (Å²) in [7, 11) is 0. The number of aryl methyl sites for hydroxylation is 4. The van der Waals surface area contributed by atoms with Gasteiger partial charge in [-0.2, -0.15) is 0 Å². The maximum Gasteiger partial charge on any atom is 0.256 e. The molecule has 54 heavy (non-hydrogen) atoms. The van der Waals surface area contributed by atoms with Crippen LogP contribution in [-0.4, -0.2) is 6.71 Å². The van der Waals surface area contributed by atoms with Crippen molar-refractivity contribution in [2.24, 2.45) is 0 Å². The van der Waals surface area contributed by atoms with Gasteiger partial charge in [0.15, 0.2) is 0 Å². The second-order valence-corrected chi connectivity index (χ2v) is 15.7. The maximum absolute atomic E-state index is 6.97. The highest BCUT2D eigenvalue weighted by Gasteiger charge is 2.42. The molecule has 0 spiro atoms. The molecule has 0 saturated heterocycles. The largest absolute Gasteiger partial charge is 0.458 e. The topological polar surface area (TPSA) is 24.9 Å². The van der Waals surface area contributed by atoms with Crippen molar-refractivity contribution in [1.29, 1.82) is 0 Å². The molecule has 4 nitrogen and oxygen atoms in total. The molecule has 262 valence electrons. The van der Waals surface area contributed by atoms with Gasteiger partial charge < -0.3 is 19.3 Å². The molecule has 3 heterocycles. The zero-order chi connectivity index (χ0) is 36.9. The molecule has 3 aliphatic rings. The van der Waals surface area contributed by atoms with Gasteiger partial charge in [-0.3, -0.25) is 0 Å². The van der Waals surface area contributed by atoms with E-state index < -0.39 is 0 Å². The van der Waals surface area contributed by atoms with Crippen molar-refractivity contribution in [2.75, 3.05) is 9.80 Å². The first-order valence-corrected chi connectivity index (χ1v) is 18.9. The summed E-state index contributed by atoms with van der Waals surface area (Å²) in [5.41, 5.74) is 17.5. The van der Waals surface area contributed by atoms with Gasteiger partial charge in [-0.25, -0.2) is 0 Å². The zero-order valence-corrected chi connectivity index (χ0v) is 31.6. The lowest BCUT2D eigenvalue weighted by Crippen LogP contribution is -2.59. The lowest BCUT2D eigenvalue weighted by atomic mass is 9.34. The van der Waals surface area contributed by atoms with E-state index in [4.69, 9.17) is 9.47 Å². The van der Waals surface area contributed by atoms with Crippen molar-refractivity contribution in [3.8, 4) is 23.0 Å². The Kier molecular flexibility index (Phi) is 7.16. The molecule has 0 radical (unpaired) electrons. The van der Waals surface area contributed by atoms with E-state index in [9.17, 15) is 0 Å². The average molecular weight is 701 g/mol. The molecule has 0 atom stereocenters. The fraction of sp³-hybridized carbons (Fsp3) is 0.143. The van der Waals surface area contributed by atoms with Crippen LogP contribution in [0.4, 0.5) is 34.1 Å². The Balaban J connectivity index is 1.13. The molecule has 0 unspecified atom stereocenters. The van der Waals surface area contributed by atoms with Gasteiger partial charge in [-0.05, 0) is 128 Å². The third kappa shape index (κ3) is 4.91. The number of rotatable bonds is 4. The summed E-state index contributed by atoms with van der Waals surface area (Å²) < 4.78 is 13.4. The lowest BCUT2D eigenvalue weighted by molar-refractivity contribution is 0.418.